The fraction of sp³-hybridized carbons (Fsp3) is 1.00. The number of rotatable bonds is 9. The average molecular weight is 1530 g/mol. The summed E-state index contributed by atoms with van der Waals surface area (Å²) in [6.45, 7) is 0. The van der Waals surface area contributed by atoms with Crippen LogP contribution in [0.5, 0.6) is 0 Å². The molecule has 0 aromatic heterocycles. The van der Waals surface area contributed by atoms with E-state index in [0.29, 0.717) is 0 Å². The van der Waals surface area contributed by atoms with E-state index in [1.165, 1.54) is 0 Å². The van der Waals surface area contributed by atoms with Gasteiger partial charge in [-0.1, -0.05) is 0 Å². The summed E-state index contributed by atoms with van der Waals surface area (Å²) < 4.78 is 680. The van der Waals surface area contributed by atoms with Crippen LogP contribution in [0.4, 0.5) is 198 Å². The molecule has 0 unspecified atom stereocenters. The van der Waals surface area contributed by atoms with Crippen molar-refractivity contribution in [3.8, 4) is 0 Å². The summed E-state index contributed by atoms with van der Waals surface area (Å²) in [6.07, 6.45) is 0. The Kier molecular flexibility index (Phi) is 18.3. The first-order valence-corrected chi connectivity index (χ1v) is 20.8. The minimum atomic E-state index is -8.68. The number of alkyl halides is 45. The number of halogens is 45. The predicted octanol–water partition coefficient (Wildman–Crippen LogP) is 11.0. The van der Waals surface area contributed by atoms with Crippen LogP contribution in [0.1, 0.15) is 0 Å². The topological polar surface area (TPSA) is 172 Å². The Bertz CT molecular complexity index is 2430. The Balaban J connectivity index is 0.00000119. The summed E-state index contributed by atoms with van der Waals surface area (Å²) >= 11 is 0. The Hall–Kier alpha value is -2.07. The van der Waals surface area contributed by atoms with E-state index >= 15 is 0 Å². The Morgan fingerprint density at radius 1 is 0.195 bits per heavy atom. The molecule has 0 atom stereocenters. The van der Waals surface area contributed by atoms with Gasteiger partial charge in [0, 0.05) is 0 Å². The average Bonchev–Trinajstić information content (AvgIpc) is 3.21. The molecule has 3 rings (SSSR count). The molecule has 0 saturated heterocycles. The molecule has 0 aromatic carbocycles. The van der Waals surface area contributed by atoms with Gasteiger partial charge in [-0.3, -0.25) is 0 Å². The van der Waals surface area contributed by atoms with E-state index in [4.69, 9.17) is 0 Å². The van der Waals surface area contributed by atoms with Crippen LogP contribution in [0, 0.1) is 40.8 Å². The summed E-state index contributed by atoms with van der Waals surface area (Å²) in [7, 11) is -24.5. The third-order valence-corrected chi connectivity index (χ3v) is 13.3. The van der Waals surface area contributed by atoms with E-state index in [1.807, 2.05) is 0 Å². The van der Waals surface area contributed by atoms with E-state index < -0.39 is 170 Å². The van der Waals surface area contributed by atoms with Gasteiger partial charge in [0.15, 0.2) is 30.4 Å². The molecule has 1 radical (unpaired) electrons. The minimum Gasteiger partial charge on any atom is -0.743 e. The van der Waals surface area contributed by atoms with Crippen LogP contribution in [0.2, 0.25) is 0 Å². The Labute approximate surface area is 445 Å². The molecule has 0 amide bonds. The van der Waals surface area contributed by atoms with Gasteiger partial charge in [0.2, 0.25) is 0 Å². The van der Waals surface area contributed by atoms with Crippen LogP contribution in [0.15, 0.2) is 0 Å². The van der Waals surface area contributed by atoms with Crippen LogP contribution in [0.25, 0.3) is 0 Å². The second kappa shape index (κ2) is 18.7. The van der Waals surface area contributed by atoms with Crippen LogP contribution < -0.4 is 0 Å². The standard InChI is InChI=1S/3C8HF15O3S.Nd/c3*9-1(4(14,15)8(22,23)27(24,25)26)2(10,11)5(16,17)7(20,21)6(18,19)3(1,12)13;/h3*(H,24,25,26);/q;;;+3/p-3. The minimum absolute atomic E-state index is 0. The normalized spacial score (nSPS) is 28.2. The number of hydrogen-bond donors (Lipinski definition) is 0. The van der Waals surface area contributed by atoms with Gasteiger partial charge < -0.3 is 13.7 Å². The third-order valence-electron chi connectivity index (χ3n) is 10.7. The molecule has 0 aromatic rings. The molecule has 3 fully saturated rings. The molecule has 3 aliphatic carbocycles. The van der Waals surface area contributed by atoms with Crippen molar-refractivity contribution in [2.24, 2.45) is 0 Å². The maximum atomic E-state index is 13.8. The van der Waals surface area contributed by atoms with Gasteiger partial charge in [0.25, 0.3) is 0 Å². The van der Waals surface area contributed by atoms with Crippen molar-refractivity contribution in [1.29, 1.82) is 0 Å². The van der Waals surface area contributed by atoms with Crippen molar-refractivity contribution >= 4 is 30.4 Å². The molecule has 0 bridgehead atoms. The molecule has 487 valence electrons. The van der Waals surface area contributed by atoms with Gasteiger partial charge in [0.1, 0.15) is 0 Å². The molecular weight excluding hydrogens is 1530 g/mol. The molecule has 0 spiro atoms. The molecule has 58 heteroatoms. The summed E-state index contributed by atoms with van der Waals surface area (Å²) in [5, 5.41) is -24.0. The molecule has 82 heavy (non-hydrogen) atoms. The van der Waals surface area contributed by atoms with Gasteiger partial charge in [-0.15, -0.1) is 0 Å². The van der Waals surface area contributed by atoms with Crippen molar-refractivity contribution in [3.63, 3.8) is 0 Å². The second-order valence-electron chi connectivity index (χ2n) is 15.2. The molecular formula is C24F45NdO9S3. The van der Waals surface area contributed by atoms with Gasteiger partial charge >= 0.3 is 180 Å². The molecule has 9 nitrogen and oxygen atoms in total. The quantitative estimate of drug-likeness (QED) is 0.161. The van der Waals surface area contributed by atoms with Crippen molar-refractivity contribution in [1.82, 2.24) is 0 Å². The van der Waals surface area contributed by atoms with E-state index in [0.717, 1.165) is 0 Å². The SMILES string of the molecule is O=S(=O)([O-])C(F)(F)C(F)(F)C1(F)C(F)(F)C(F)(F)C(F)(F)C(F)(F)C1(F)F.O=S(=O)([O-])C(F)(F)C(F)(F)C1(F)C(F)(F)C(F)(F)C(F)(F)C(F)(F)C1(F)F.O=S(=O)([O-])C(F)(F)C(F)(F)C1(F)C(F)(F)C(F)(F)C(F)(F)C(F)(F)C1(F)F.[Nd+3]. The second-order valence-corrected chi connectivity index (χ2v) is 19.5. The largest absolute Gasteiger partial charge is 3.00 e. The molecule has 0 aliphatic heterocycles. The van der Waals surface area contributed by atoms with Crippen molar-refractivity contribution in [3.05, 3.63) is 0 Å². The monoisotopic (exact) mass is 1520 g/mol. The fourth-order valence-electron chi connectivity index (χ4n) is 5.92. The molecule has 3 saturated carbocycles. The van der Waals surface area contributed by atoms with Crippen LogP contribution >= 0.6 is 0 Å². The summed E-state index contributed by atoms with van der Waals surface area (Å²) in [5.74, 6) is -150. The zero-order chi connectivity index (χ0) is 67.5. The van der Waals surface area contributed by atoms with Gasteiger partial charge in [-0.2, -0.15) is 184 Å². The van der Waals surface area contributed by atoms with E-state index in [2.05, 4.69) is 0 Å². The number of hydrogen-bond acceptors (Lipinski definition) is 9. The van der Waals surface area contributed by atoms with Gasteiger partial charge in [-0.05, 0) is 0 Å². The molecule has 0 heterocycles. The van der Waals surface area contributed by atoms with Crippen molar-refractivity contribution in [2.75, 3.05) is 0 Å². The first-order chi connectivity index (χ1) is 33.8. The summed E-state index contributed by atoms with van der Waals surface area (Å²) in [5.41, 5.74) is -26.0. The summed E-state index contributed by atoms with van der Waals surface area (Å²) in [6, 6.07) is 0. The van der Waals surface area contributed by atoms with Crippen LogP contribution in [0.3, 0.4) is 0 Å². The maximum Gasteiger partial charge on any atom is 3.00 e. The van der Waals surface area contributed by atoms with Crippen molar-refractivity contribution < 1.29 is 277 Å². The Morgan fingerprint density at radius 3 is 0.341 bits per heavy atom. The zero-order valence-electron chi connectivity index (χ0n) is 34.4. The molecule has 3 aliphatic rings. The van der Waals surface area contributed by atoms with Crippen molar-refractivity contribution in [2.45, 2.75) is 139 Å². The predicted molar refractivity (Wildman–Crippen MR) is 144 cm³/mol. The maximum absolute atomic E-state index is 13.8. The first-order valence-electron chi connectivity index (χ1n) is 16.6. The summed E-state index contributed by atoms with van der Waals surface area (Å²) in [4.78, 5) is 0. The third kappa shape index (κ3) is 7.95. The van der Waals surface area contributed by atoms with E-state index in [1.54, 1.807) is 0 Å². The van der Waals surface area contributed by atoms with Crippen LogP contribution in [-0.2, 0) is 30.4 Å². The zero-order valence-corrected chi connectivity index (χ0v) is 40.1. The van der Waals surface area contributed by atoms with Gasteiger partial charge in [-0.25, -0.2) is 38.4 Å². The fourth-order valence-corrected chi connectivity index (χ4v) is 7.28. The van der Waals surface area contributed by atoms with Crippen LogP contribution in [-0.4, -0.2) is 178 Å². The first kappa shape index (κ1) is 79.9. The van der Waals surface area contributed by atoms with E-state index in [-0.39, 0.29) is 40.8 Å². The Morgan fingerprint density at radius 2 is 0.268 bits per heavy atom. The smallest absolute Gasteiger partial charge is 0.743 e. The molecule has 0 N–H and O–H groups in total. The van der Waals surface area contributed by atoms with E-state index in [9.17, 15) is 236 Å². The van der Waals surface area contributed by atoms with Gasteiger partial charge in [0.05, 0.1) is 0 Å².